The van der Waals surface area contributed by atoms with Crippen molar-refractivity contribution in [2.45, 2.75) is 5.16 Å². The van der Waals surface area contributed by atoms with E-state index in [9.17, 15) is 9.18 Å². The van der Waals surface area contributed by atoms with Gasteiger partial charge < -0.3 is 4.98 Å². The summed E-state index contributed by atoms with van der Waals surface area (Å²) < 4.78 is 12.9. The second kappa shape index (κ2) is 6.58. The topological polar surface area (TPSA) is 45.8 Å². The number of carbonyl (C=O) groups excluding carboxylic acids is 1. The number of nitrogens with zero attached hydrogens (tertiary/aromatic N) is 1. The highest BCUT2D eigenvalue weighted by atomic mass is 32.2. The number of H-pyrrole nitrogens is 1. The SMILES string of the molecule is O=C(CSc1ncc(-c2ccc(F)cc2)[nH]1)c1ccccc1. The highest BCUT2D eigenvalue weighted by molar-refractivity contribution is 7.99. The summed E-state index contributed by atoms with van der Waals surface area (Å²) in [6, 6.07) is 15.4. The summed E-state index contributed by atoms with van der Waals surface area (Å²) in [4.78, 5) is 19.4. The van der Waals surface area contributed by atoms with Gasteiger partial charge in [0, 0.05) is 5.56 Å². The number of aromatic nitrogens is 2. The minimum absolute atomic E-state index is 0.0605. The monoisotopic (exact) mass is 312 g/mol. The minimum atomic E-state index is -0.272. The molecule has 3 rings (SSSR count). The van der Waals surface area contributed by atoms with Crippen LogP contribution in [0.1, 0.15) is 10.4 Å². The van der Waals surface area contributed by atoms with Crippen molar-refractivity contribution in [3.8, 4) is 11.3 Å². The van der Waals surface area contributed by atoms with E-state index in [4.69, 9.17) is 0 Å². The van der Waals surface area contributed by atoms with Crippen LogP contribution in [0.4, 0.5) is 4.39 Å². The molecule has 3 aromatic rings. The highest BCUT2D eigenvalue weighted by Gasteiger charge is 2.09. The van der Waals surface area contributed by atoms with Crippen LogP contribution in [-0.4, -0.2) is 21.5 Å². The van der Waals surface area contributed by atoms with Crippen LogP contribution in [0.5, 0.6) is 0 Å². The summed E-state index contributed by atoms with van der Waals surface area (Å²) in [5, 5.41) is 0.670. The Bertz CT molecular complexity index is 769. The molecule has 5 heteroatoms. The molecule has 1 heterocycles. The third-order valence-electron chi connectivity index (χ3n) is 3.14. The Kier molecular flexibility index (Phi) is 4.34. The zero-order chi connectivity index (χ0) is 15.4. The number of Topliss-reactive ketones (excluding diaryl/α,β-unsaturated/α-hetero) is 1. The van der Waals surface area contributed by atoms with Gasteiger partial charge in [0.2, 0.25) is 0 Å². The average molecular weight is 312 g/mol. The summed E-state index contributed by atoms with van der Waals surface area (Å²) in [6.07, 6.45) is 1.68. The lowest BCUT2D eigenvalue weighted by Gasteiger charge is -1.99. The van der Waals surface area contributed by atoms with Crippen molar-refractivity contribution in [2.24, 2.45) is 0 Å². The summed E-state index contributed by atoms with van der Waals surface area (Å²) in [5.41, 5.74) is 2.35. The first-order valence-corrected chi connectivity index (χ1v) is 7.73. The predicted molar refractivity (Wildman–Crippen MR) is 85.5 cm³/mol. The first kappa shape index (κ1) is 14.5. The first-order chi connectivity index (χ1) is 10.7. The number of ketones is 1. The molecule has 0 fully saturated rings. The predicted octanol–water partition coefficient (Wildman–Crippen LogP) is 4.19. The highest BCUT2D eigenvalue weighted by Crippen LogP contribution is 2.22. The van der Waals surface area contributed by atoms with Gasteiger partial charge in [-0.2, -0.15) is 0 Å². The fraction of sp³-hybridized carbons (Fsp3) is 0.0588. The third-order valence-corrected chi connectivity index (χ3v) is 4.03. The summed E-state index contributed by atoms with van der Waals surface area (Å²) in [7, 11) is 0. The van der Waals surface area contributed by atoms with Gasteiger partial charge in [0.05, 0.1) is 17.6 Å². The second-order valence-corrected chi connectivity index (χ2v) is 5.65. The number of hydrogen-bond donors (Lipinski definition) is 1. The lowest BCUT2D eigenvalue weighted by molar-refractivity contribution is 0.102. The van der Waals surface area contributed by atoms with Crippen molar-refractivity contribution in [1.29, 1.82) is 0 Å². The molecule has 1 aromatic heterocycles. The molecule has 0 unspecified atom stereocenters. The van der Waals surface area contributed by atoms with Gasteiger partial charge in [0.15, 0.2) is 10.9 Å². The normalized spacial score (nSPS) is 10.6. The summed E-state index contributed by atoms with van der Waals surface area (Å²) in [5.74, 6) is 0.108. The van der Waals surface area contributed by atoms with Gasteiger partial charge in [0.25, 0.3) is 0 Å². The van der Waals surface area contributed by atoms with Crippen LogP contribution in [0, 0.1) is 5.82 Å². The van der Waals surface area contributed by atoms with Gasteiger partial charge in [0.1, 0.15) is 5.82 Å². The maximum absolute atomic E-state index is 12.9. The molecule has 0 aliphatic rings. The molecule has 110 valence electrons. The van der Waals surface area contributed by atoms with E-state index < -0.39 is 0 Å². The Hall–Kier alpha value is -2.40. The average Bonchev–Trinajstić information content (AvgIpc) is 3.03. The van der Waals surface area contributed by atoms with E-state index in [1.807, 2.05) is 18.2 Å². The fourth-order valence-electron chi connectivity index (χ4n) is 1.99. The van der Waals surface area contributed by atoms with Crippen molar-refractivity contribution in [2.75, 3.05) is 5.75 Å². The van der Waals surface area contributed by atoms with Gasteiger partial charge in [-0.1, -0.05) is 42.1 Å². The molecule has 0 amide bonds. The van der Waals surface area contributed by atoms with Crippen LogP contribution in [0.15, 0.2) is 66.0 Å². The number of benzene rings is 2. The number of halogens is 1. The maximum Gasteiger partial charge on any atom is 0.173 e. The number of rotatable bonds is 5. The molecule has 0 saturated heterocycles. The van der Waals surface area contributed by atoms with E-state index in [-0.39, 0.29) is 11.6 Å². The molecule has 1 N–H and O–H groups in total. The van der Waals surface area contributed by atoms with E-state index in [0.29, 0.717) is 16.5 Å². The second-order valence-electron chi connectivity index (χ2n) is 4.69. The molecule has 2 aromatic carbocycles. The Morgan fingerprint density at radius 2 is 1.82 bits per heavy atom. The van der Waals surface area contributed by atoms with Crippen LogP contribution < -0.4 is 0 Å². The molecule has 0 spiro atoms. The molecule has 0 saturated carbocycles. The van der Waals surface area contributed by atoms with Gasteiger partial charge in [-0.15, -0.1) is 0 Å². The van der Waals surface area contributed by atoms with Gasteiger partial charge in [-0.3, -0.25) is 4.79 Å². The van der Waals surface area contributed by atoms with E-state index in [2.05, 4.69) is 9.97 Å². The maximum atomic E-state index is 12.9. The molecule has 0 atom stereocenters. The zero-order valence-electron chi connectivity index (χ0n) is 11.6. The zero-order valence-corrected chi connectivity index (χ0v) is 12.4. The van der Waals surface area contributed by atoms with E-state index in [0.717, 1.165) is 11.3 Å². The van der Waals surface area contributed by atoms with Crippen molar-refractivity contribution in [1.82, 2.24) is 9.97 Å². The van der Waals surface area contributed by atoms with Crippen LogP contribution in [-0.2, 0) is 0 Å². The fourth-order valence-corrected chi connectivity index (χ4v) is 2.74. The summed E-state index contributed by atoms with van der Waals surface area (Å²) >= 11 is 1.35. The third kappa shape index (κ3) is 3.43. The van der Waals surface area contributed by atoms with Crippen molar-refractivity contribution >= 4 is 17.5 Å². The van der Waals surface area contributed by atoms with E-state index in [1.54, 1.807) is 30.5 Å². The number of nitrogens with one attached hydrogen (secondary N) is 1. The molecule has 22 heavy (non-hydrogen) atoms. The molecular weight excluding hydrogens is 299 g/mol. The standard InChI is InChI=1S/C17H13FN2OS/c18-14-8-6-12(7-9-14)15-10-19-17(20-15)22-11-16(21)13-4-2-1-3-5-13/h1-10H,11H2,(H,19,20). The van der Waals surface area contributed by atoms with Crippen LogP contribution in [0.3, 0.4) is 0 Å². The number of aromatic amines is 1. The first-order valence-electron chi connectivity index (χ1n) is 6.74. The lowest BCUT2D eigenvalue weighted by atomic mass is 10.2. The molecule has 0 aliphatic carbocycles. The molecule has 3 nitrogen and oxygen atoms in total. The van der Waals surface area contributed by atoms with Crippen molar-refractivity contribution < 1.29 is 9.18 Å². The Morgan fingerprint density at radius 1 is 1.09 bits per heavy atom. The molecular formula is C17H13FN2OS. The molecule has 0 bridgehead atoms. The van der Waals surface area contributed by atoms with Crippen LogP contribution in [0.2, 0.25) is 0 Å². The Balaban J connectivity index is 1.65. The largest absolute Gasteiger partial charge is 0.333 e. The number of hydrogen-bond acceptors (Lipinski definition) is 3. The number of imidazole rings is 1. The quantitative estimate of drug-likeness (QED) is 0.567. The Labute approximate surface area is 131 Å². The number of thioether (sulfide) groups is 1. The molecule has 0 aliphatic heterocycles. The Morgan fingerprint density at radius 3 is 2.55 bits per heavy atom. The van der Waals surface area contributed by atoms with Crippen LogP contribution >= 0.6 is 11.8 Å². The van der Waals surface area contributed by atoms with Gasteiger partial charge >= 0.3 is 0 Å². The van der Waals surface area contributed by atoms with E-state index in [1.165, 1.54) is 23.9 Å². The van der Waals surface area contributed by atoms with Gasteiger partial charge in [-0.25, -0.2) is 9.37 Å². The van der Waals surface area contributed by atoms with Gasteiger partial charge in [-0.05, 0) is 29.8 Å². The van der Waals surface area contributed by atoms with Crippen LogP contribution in [0.25, 0.3) is 11.3 Å². The molecule has 0 radical (unpaired) electrons. The van der Waals surface area contributed by atoms with Crippen molar-refractivity contribution in [3.63, 3.8) is 0 Å². The lowest BCUT2D eigenvalue weighted by Crippen LogP contribution is -2.01. The number of carbonyl (C=O) groups is 1. The van der Waals surface area contributed by atoms with Crippen molar-refractivity contribution in [3.05, 3.63) is 72.2 Å². The van der Waals surface area contributed by atoms with E-state index >= 15 is 0 Å². The minimum Gasteiger partial charge on any atom is -0.333 e. The summed E-state index contributed by atoms with van der Waals surface area (Å²) in [6.45, 7) is 0. The smallest absolute Gasteiger partial charge is 0.173 e.